The van der Waals surface area contributed by atoms with Gasteiger partial charge in [-0.2, -0.15) is 0 Å². The van der Waals surface area contributed by atoms with E-state index >= 15 is 0 Å². The van der Waals surface area contributed by atoms with Crippen molar-refractivity contribution in [3.63, 3.8) is 0 Å². The third-order valence-corrected chi connectivity index (χ3v) is 4.80. The van der Waals surface area contributed by atoms with E-state index < -0.39 is 11.8 Å². The monoisotopic (exact) mass is 366 g/mol. The number of piperazine rings is 1. The minimum Gasteiger partial charge on any atom is -0.369 e. The third kappa shape index (κ3) is 5.08. The van der Waals surface area contributed by atoms with E-state index in [0.29, 0.717) is 12.2 Å². The number of rotatable bonds is 4. The Balaban J connectivity index is 1.54. The van der Waals surface area contributed by atoms with Crippen LogP contribution in [0.25, 0.3) is 0 Å². The molecule has 6 heteroatoms. The predicted octanol–water partition coefficient (Wildman–Crippen LogP) is 2.04. The van der Waals surface area contributed by atoms with Crippen molar-refractivity contribution in [1.29, 1.82) is 0 Å². The van der Waals surface area contributed by atoms with Crippen LogP contribution in [0, 0.1) is 0 Å². The van der Waals surface area contributed by atoms with Crippen molar-refractivity contribution in [2.24, 2.45) is 0 Å². The minimum absolute atomic E-state index is 0.398. The molecule has 1 saturated heterocycles. The average molecular weight is 366 g/mol. The Morgan fingerprint density at radius 3 is 2.22 bits per heavy atom. The smallest absolute Gasteiger partial charge is 0.313 e. The Morgan fingerprint density at radius 1 is 0.963 bits per heavy atom. The molecule has 1 N–H and O–H groups in total. The van der Waals surface area contributed by atoms with Gasteiger partial charge in [-0.25, -0.2) is 0 Å². The molecule has 27 heavy (non-hydrogen) atoms. The summed E-state index contributed by atoms with van der Waals surface area (Å²) in [5.74, 6) is -1.18. The molecule has 0 unspecified atom stereocenters. The van der Waals surface area contributed by atoms with E-state index in [9.17, 15) is 9.59 Å². The number of benzene rings is 2. The van der Waals surface area contributed by atoms with E-state index in [2.05, 4.69) is 22.2 Å². The number of anilines is 2. The number of nitrogens with zero attached hydrogens (tertiary/aromatic N) is 3. The lowest BCUT2D eigenvalue weighted by atomic mass is 10.2. The van der Waals surface area contributed by atoms with Crippen LogP contribution in [0.1, 0.15) is 5.56 Å². The molecule has 1 aliphatic rings. The fourth-order valence-corrected chi connectivity index (χ4v) is 3.11. The third-order valence-electron chi connectivity index (χ3n) is 4.80. The molecule has 0 bridgehead atoms. The molecule has 1 aliphatic heterocycles. The zero-order valence-corrected chi connectivity index (χ0v) is 15.9. The van der Waals surface area contributed by atoms with Crippen molar-refractivity contribution in [2.75, 3.05) is 50.5 Å². The number of carbonyl (C=O) groups is 2. The Kier molecular flexibility index (Phi) is 6.08. The Bertz CT molecular complexity index is 769. The van der Waals surface area contributed by atoms with E-state index in [1.807, 2.05) is 54.6 Å². The largest absolute Gasteiger partial charge is 0.369 e. The van der Waals surface area contributed by atoms with E-state index in [1.165, 1.54) is 4.90 Å². The summed E-state index contributed by atoms with van der Waals surface area (Å²) in [6.07, 6.45) is 0. The lowest BCUT2D eigenvalue weighted by Gasteiger charge is -2.34. The van der Waals surface area contributed by atoms with Crippen molar-refractivity contribution in [2.45, 2.75) is 6.54 Å². The van der Waals surface area contributed by atoms with Crippen molar-refractivity contribution in [3.05, 3.63) is 60.2 Å². The van der Waals surface area contributed by atoms with Gasteiger partial charge in [-0.3, -0.25) is 9.59 Å². The molecule has 2 aromatic rings. The SMILES string of the molecule is CN1CCN(c2ccc(NC(=O)C(=O)N(C)Cc3ccccc3)cc2)CC1. The number of hydrogen-bond acceptors (Lipinski definition) is 4. The summed E-state index contributed by atoms with van der Waals surface area (Å²) in [6, 6.07) is 17.3. The number of amides is 2. The molecule has 0 atom stereocenters. The van der Waals surface area contributed by atoms with Gasteiger partial charge in [0.05, 0.1) is 0 Å². The summed E-state index contributed by atoms with van der Waals surface area (Å²) in [5.41, 5.74) is 2.74. The maximum absolute atomic E-state index is 12.3. The Labute approximate surface area is 160 Å². The van der Waals surface area contributed by atoms with Crippen LogP contribution in [0.4, 0.5) is 11.4 Å². The lowest BCUT2D eigenvalue weighted by molar-refractivity contribution is -0.142. The van der Waals surface area contributed by atoms with Crippen LogP contribution in [-0.2, 0) is 16.1 Å². The quantitative estimate of drug-likeness (QED) is 0.842. The van der Waals surface area contributed by atoms with Gasteiger partial charge in [0.25, 0.3) is 0 Å². The molecular weight excluding hydrogens is 340 g/mol. The average Bonchev–Trinajstić information content (AvgIpc) is 2.69. The first-order valence-corrected chi connectivity index (χ1v) is 9.17. The van der Waals surface area contributed by atoms with Crippen LogP contribution in [0.5, 0.6) is 0 Å². The highest BCUT2D eigenvalue weighted by Crippen LogP contribution is 2.19. The van der Waals surface area contributed by atoms with Gasteiger partial charge in [0.2, 0.25) is 0 Å². The summed E-state index contributed by atoms with van der Waals surface area (Å²) >= 11 is 0. The molecule has 0 saturated carbocycles. The molecule has 6 nitrogen and oxygen atoms in total. The van der Waals surface area contributed by atoms with Gasteiger partial charge in [-0.05, 0) is 36.9 Å². The van der Waals surface area contributed by atoms with Crippen LogP contribution in [0.2, 0.25) is 0 Å². The normalized spacial score (nSPS) is 14.7. The standard InChI is InChI=1S/C21H26N4O2/c1-23-12-14-25(15-13-23)19-10-8-18(9-11-19)22-20(26)21(27)24(2)16-17-6-4-3-5-7-17/h3-11H,12-16H2,1-2H3,(H,22,26). The van der Waals surface area contributed by atoms with Crippen LogP contribution < -0.4 is 10.2 Å². The second kappa shape index (κ2) is 8.68. The minimum atomic E-state index is -0.624. The molecule has 0 aliphatic carbocycles. The molecule has 3 rings (SSSR count). The van der Waals surface area contributed by atoms with Gasteiger partial charge < -0.3 is 20.0 Å². The van der Waals surface area contributed by atoms with Crippen molar-refractivity contribution < 1.29 is 9.59 Å². The van der Waals surface area contributed by atoms with Crippen molar-refractivity contribution in [1.82, 2.24) is 9.80 Å². The summed E-state index contributed by atoms with van der Waals surface area (Å²) < 4.78 is 0. The zero-order chi connectivity index (χ0) is 19.2. The first-order chi connectivity index (χ1) is 13.0. The lowest BCUT2D eigenvalue weighted by Crippen LogP contribution is -2.44. The van der Waals surface area contributed by atoms with Crippen LogP contribution in [0.15, 0.2) is 54.6 Å². The van der Waals surface area contributed by atoms with Gasteiger partial charge in [0.15, 0.2) is 0 Å². The van der Waals surface area contributed by atoms with Gasteiger partial charge in [-0.1, -0.05) is 30.3 Å². The summed E-state index contributed by atoms with van der Waals surface area (Å²) in [5, 5.41) is 2.69. The molecule has 0 radical (unpaired) electrons. The van der Waals surface area contributed by atoms with E-state index in [1.54, 1.807) is 7.05 Å². The second-order valence-electron chi connectivity index (χ2n) is 6.94. The van der Waals surface area contributed by atoms with E-state index in [-0.39, 0.29) is 0 Å². The van der Waals surface area contributed by atoms with Gasteiger partial charge in [0.1, 0.15) is 0 Å². The topological polar surface area (TPSA) is 55.9 Å². The number of hydrogen-bond donors (Lipinski definition) is 1. The molecule has 142 valence electrons. The number of likely N-dealkylation sites (N-methyl/N-ethyl adjacent to an activating group) is 2. The first-order valence-electron chi connectivity index (χ1n) is 9.17. The molecule has 2 aromatic carbocycles. The summed E-state index contributed by atoms with van der Waals surface area (Å²) in [6.45, 7) is 4.47. The molecule has 1 heterocycles. The molecule has 0 spiro atoms. The highest BCUT2D eigenvalue weighted by Gasteiger charge is 2.19. The molecular formula is C21H26N4O2. The molecule has 0 aromatic heterocycles. The van der Waals surface area contributed by atoms with Crippen LogP contribution in [-0.4, -0.2) is 61.9 Å². The first kappa shape index (κ1) is 18.9. The fraction of sp³-hybridized carbons (Fsp3) is 0.333. The van der Waals surface area contributed by atoms with E-state index in [0.717, 1.165) is 37.4 Å². The highest BCUT2D eigenvalue weighted by molar-refractivity contribution is 6.39. The van der Waals surface area contributed by atoms with Gasteiger partial charge in [-0.15, -0.1) is 0 Å². The van der Waals surface area contributed by atoms with Crippen LogP contribution >= 0.6 is 0 Å². The highest BCUT2D eigenvalue weighted by atomic mass is 16.2. The predicted molar refractivity (Wildman–Crippen MR) is 108 cm³/mol. The zero-order valence-electron chi connectivity index (χ0n) is 15.9. The van der Waals surface area contributed by atoms with Crippen molar-refractivity contribution >= 4 is 23.2 Å². The maximum atomic E-state index is 12.3. The van der Waals surface area contributed by atoms with Crippen molar-refractivity contribution in [3.8, 4) is 0 Å². The maximum Gasteiger partial charge on any atom is 0.313 e. The van der Waals surface area contributed by atoms with Gasteiger partial charge in [0, 0.05) is 51.1 Å². The number of carbonyl (C=O) groups excluding carboxylic acids is 2. The van der Waals surface area contributed by atoms with E-state index in [4.69, 9.17) is 0 Å². The number of nitrogens with one attached hydrogen (secondary N) is 1. The second-order valence-corrected chi connectivity index (χ2v) is 6.94. The summed E-state index contributed by atoms with van der Waals surface area (Å²) in [4.78, 5) is 30.6. The Morgan fingerprint density at radius 2 is 1.59 bits per heavy atom. The summed E-state index contributed by atoms with van der Waals surface area (Å²) in [7, 11) is 3.76. The molecule has 2 amide bonds. The molecule has 1 fully saturated rings. The van der Waals surface area contributed by atoms with Gasteiger partial charge >= 0.3 is 11.8 Å². The van der Waals surface area contributed by atoms with Crippen LogP contribution in [0.3, 0.4) is 0 Å². The Hall–Kier alpha value is -2.86. The fourth-order valence-electron chi connectivity index (χ4n) is 3.11.